The summed E-state index contributed by atoms with van der Waals surface area (Å²) in [5.74, 6) is 0.567. The number of hydrogen-bond donors (Lipinski definition) is 2. The Kier molecular flexibility index (Phi) is 5.44. The highest BCUT2D eigenvalue weighted by Gasteiger charge is 2.25. The molecule has 2 rings (SSSR count). The van der Waals surface area contributed by atoms with Gasteiger partial charge in [0, 0.05) is 24.8 Å². The second-order valence-corrected chi connectivity index (χ2v) is 7.27. The molecule has 0 heterocycles. The van der Waals surface area contributed by atoms with Crippen LogP contribution in [0.1, 0.15) is 12.8 Å². The number of likely N-dealkylation sites (N-methyl/N-ethyl adjacent to an activating group) is 1. The Morgan fingerprint density at radius 3 is 2.62 bits per heavy atom. The molecule has 1 aromatic rings. The van der Waals surface area contributed by atoms with Crippen molar-refractivity contribution in [2.45, 2.75) is 18.9 Å². The Labute approximate surface area is 126 Å². The van der Waals surface area contributed by atoms with Gasteiger partial charge in [-0.3, -0.25) is 0 Å². The van der Waals surface area contributed by atoms with Gasteiger partial charge in [-0.25, -0.2) is 13.1 Å². The number of sulfonamides is 1. The molecule has 7 heteroatoms. The number of nitrogens with zero attached hydrogens (tertiary/aromatic N) is 1. The fourth-order valence-corrected chi connectivity index (χ4v) is 2.83. The fourth-order valence-electron chi connectivity index (χ4n) is 1.98. The van der Waals surface area contributed by atoms with E-state index >= 15 is 0 Å². The Morgan fingerprint density at radius 2 is 2.00 bits per heavy atom. The lowest BCUT2D eigenvalue weighted by Gasteiger charge is -2.15. The Hall–Kier alpha value is -1.31. The first kappa shape index (κ1) is 16.1. The van der Waals surface area contributed by atoms with Gasteiger partial charge in [-0.2, -0.15) is 0 Å². The van der Waals surface area contributed by atoms with Crippen molar-refractivity contribution in [2.75, 3.05) is 38.2 Å². The summed E-state index contributed by atoms with van der Waals surface area (Å²) in [5, 5.41) is 0. The van der Waals surface area contributed by atoms with E-state index in [1.807, 2.05) is 7.05 Å². The molecule has 21 heavy (non-hydrogen) atoms. The minimum Gasteiger partial charge on any atom is -0.492 e. The smallest absolute Gasteiger partial charge is 0.214 e. The van der Waals surface area contributed by atoms with E-state index in [9.17, 15) is 8.42 Å². The van der Waals surface area contributed by atoms with Gasteiger partial charge in [-0.1, -0.05) is 0 Å². The topological polar surface area (TPSA) is 84.7 Å². The van der Waals surface area contributed by atoms with E-state index in [-0.39, 0.29) is 12.4 Å². The van der Waals surface area contributed by atoms with Crippen LogP contribution in [0.5, 0.6) is 5.75 Å². The zero-order valence-electron chi connectivity index (χ0n) is 12.3. The number of anilines is 1. The molecule has 0 bridgehead atoms. The van der Waals surface area contributed by atoms with Crippen LogP contribution < -0.4 is 15.2 Å². The number of rotatable bonds is 9. The SMILES string of the molecule is CN(CCNS(=O)(=O)CCOc1ccc(N)cc1)C1CC1. The Bertz CT molecular complexity index is 541. The Balaban J connectivity index is 1.64. The summed E-state index contributed by atoms with van der Waals surface area (Å²) in [6.07, 6.45) is 2.44. The average molecular weight is 313 g/mol. The maximum absolute atomic E-state index is 11.8. The van der Waals surface area contributed by atoms with E-state index in [0.717, 1.165) is 6.54 Å². The normalized spacial score (nSPS) is 15.3. The van der Waals surface area contributed by atoms with Crippen LogP contribution in [-0.4, -0.2) is 51.9 Å². The van der Waals surface area contributed by atoms with Gasteiger partial charge in [-0.15, -0.1) is 0 Å². The van der Waals surface area contributed by atoms with Crippen LogP contribution in [0.4, 0.5) is 5.69 Å². The molecule has 1 fully saturated rings. The molecule has 1 aromatic carbocycles. The molecule has 0 atom stereocenters. The van der Waals surface area contributed by atoms with Gasteiger partial charge in [-0.05, 0) is 44.2 Å². The number of hydrogen-bond acceptors (Lipinski definition) is 5. The first-order valence-corrected chi connectivity index (χ1v) is 8.77. The second kappa shape index (κ2) is 7.11. The van der Waals surface area contributed by atoms with Crippen LogP contribution >= 0.6 is 0 Å². The maximum atomic E-state index is 11.8. The van der Waals surface area contributed by atoms with Crippen LogP contribution in [0, 0.1) is 0 Å². The minimum atomic E-state index is -3.29. The van der Waals surface area contributed by atoms with Crippen molar-refractivity contribution in [1.29, 1.82) is 0 Å². The third-order valence-electron chi connectivity index (χ3n) is 3.46. The van der Waals surface area contributed by atoms with E-state index in [0.29, 0.717) is 24.0 Å². The van der Waals surface area contributed by atoms with Gasteiger partial charge in [0.05, 0.1) is 5.75 Å². The lowest BCUT2D eigenvalue weighted by molar-refractivity contribution is 0.327. The molecule has 0 saturated heterocycles. The van der Waals surface area contributed by atoms with Crippen LogP contribution in [0.15, 0.2) is 24.3 Å². The molecule has 1 aliphatic rings. The van der Waals surface area contributed by atoms with E-state index < -0.39 is 10.0 Å². The van der Waals surface area contributed by atoms with Crippen molar-refractivity contribution in [3.8, 4) is 5.75 Å². The van der Waals surface area contributed by atoms with Crippen molar-refractivity contribution in [3.63, 3.8) is 0 Å². The molecule has 0 spiro atoms. The van der Waals surface area contributed by atoms with Crippen molar-refractivity contribution in [1.82, 2.24) is 9.62 Å². The first-order valence-electron chi connectivity index (χ1n) is 7.12. The third kappa shape index (κ3) is 5.91. The van der Waals surface area contributed by atoms with Crippen LogP contribution in [0.3, 0.4) is 0 Å². The van der Waals surface area contributed by atoms with Gasteiger partial charge in [0.1, 0.15) is 12.4 Å². The number of nitrogens with two attached hydrogens (primary N) is 1. The second-order valence-electron chi connectivity index (χ2n) is 5.34. The standard InChI is InChI=1S/C14H23N3O3S/c1-17(13-4-5-13)9-8-16-21(18,19)11-10-20-14-6-2-12(15)3-7-14/h2-3,6-7,13,16H,4-5,8-11,15H2,1H3. The van der Waals surface area contributed by atoms with Gasteiger partial charge < -0.3 is 15.4 Å². The molecule has 3 N–H and O–H groups in total. The summed E-state index contributed by atoms with van der Waals surface area (Å²) in [7, 11) is -1.26. The zero-order chi connectivity index (χ0) is 15.3. The number of nitrogen functional groups attached to an aromatic ring is 1. The van der Waals surface area contributed by atoms with E-state index in [1.165, 1.54) is 12.8 Å². The largest absolute Gasteiger partial charge is 0.492 e. The number of nitrogens with one attached hydrogen (secondary N) is 1. The van der Waals surface area contributed by atoms with Gasteiger partial charge in [0.25, 0.3) is 0 Å². The lowest BCUT2D eigenvalue weighted by atomic mass is 10.3. The number of ether oxygens (including phenoxy) is 1. The van der Waals surface area contributed by atoms with Crippen molar-refractivity contribution < 1.29 is 13.2 Å². The number of benzene rings is 1. The van der Waals surface area contributed by atoms with Crippen molar-refractivity contribution in [2.24, 2.45) is 0 Å². The monoisotopic (exact) mass is 313 g/mol. The third-order valence-corrected chi connectivity index (χ3v) is 4.81. The summed E-state index contributed by atoms with van der Waals surface area (Å²) in [6, 6.07) is 7.52. The quantitative estimate of drug-likeness (QED) is 0.654. The maximum Gasteiger partial charge on any atom is 0.214 e. The molecular weight excluding hydrogens is 290 g/mol. The molecule has 6 nitrogen and oxygen atoms in total. The van der Waals surface area contributed by atoms with Crippen molar-refractivity contribution in [3.05, 3.63) is 24.3 Å². The molecular formula is C14H23N3O3S. The van der Waals surface area contributed by atoms with E-state index in [4.69, 9.17) is 10.5 Å². The van der Waals surface area contributed by atoms with Crippen LogP contribution in [0.25, 0.3) is 0 Å². The summed E-state index contributed by atoms with van der Waals surface area (Å²) in [4.78, 5) is 2.19. The molecule has 0 amide bonds. The molecule has 0 aliphatic heterocycles. The molecule has 0 aromatic heterocycles. The lowest BCUT2D eigenvalue weighted by Crippen LogP contribution is -2.36. The van der Waals surface area contributed by atoms with E-state index in [2.05, 4.69) is 9.62 Å². The predicted octanol–water partition coefficient (Wildman–Crippen LogP) is 0.661. The van der Waals surface area contributed by atoms with Gasteiger partial charge >= 0.3 is 0 Å². The minimum absolute atomic E-state index is 0.0511. The summed E-state index contributed by atoms with van der Waals surface area (Å²) in [6.45, 7) is 1.30. The zero-order valence-corrected chi connectivity index (χ0v) is 13.1. The molecule has 118 valence electrons. The average Bonchev–Trinajstić information content (AvgIpc) is 3.25. The van der Waals surface area contributed by atoms with Crippen LogP contribution in [-0.2, 0) is 10.0 Å². The molecule has 1 saturated carbocycles. The Morgan fingerprint density at radius 1 is 1.33 bits per heavy atom. The highest BCUT2D eigenvalue weighted by Crippen LogP contribution is 2.24. The van der Waals surface area contributed by atoms with Crippen molar-refractivity contribution >= 4 is 15.7 Å². The van der Waals surface area contributed by atoms with E-state index in [1.54, 1.807) is 24.3 Å². The summed E-state index contributed by atoms with van der Waals surface area (Å²) in [5.41, 5.74) is 6.21. The van der Waals surface area contributed by atoms with Gasteiger partial charge in [0.15, 0.2) is 0 Å². The molecule has 0 radical (unpaired) electrons. The predicted molar refractivity (Wildman–Crippen MR) is 83.8 cm³/mol. The van der Waals surface area contributed by atoms with Gasteiger partial charge in [0.2, 0.25) is 10.0 Å². The highest BCUT2D eigenvalue weighted by molar-refractivity contribution is 7.89. The summed E-state index contributed by atoms with van der Waals surface area (Å²) < 4.78 is 31.6. The summed E-state index contributed by atoms with van der Waals surface area (Å²) >= 11 is 0. The molecule has 0 unspecified atom stereocenters. The fraction of sp³-hybridized carbons (Fsp3) is 0.571. The highest BCUT2D eigenvalue weighted by atomic mass is 32.2. The van der Waals surface area contributed by atoms with Crippen LogP contribution in [0.2, 0.25) is 0 Å². The first-order chi connectivity index (χ1) is 9.96. The molecule has 1 aliphatic carbocycles.